The first kappa shape index (κ1) is 16.6. The van der Waals surface area contributed by atoms with E-state index in [2.05, 4.69) is 33.6 Å². The van der Waals surface area contributed by atoms with E-state index in [9.17, 15) is 4.39 Å². The van der Waals surface area contributed by atoms with Crippen LogP contribution in [0.4, 0.5) is 4.39 Å². The molecule has 24 heavy (non-hydrogen) atoms. The molecule has 3 rings (SSSR count). The smallest absolute Gasteiger partial charge is 0.191 e. The SMILES string of the molecule is CC(C)Cn1c(SCc2cccc(F)c2)nnc1-c1ccncc1. The van der Waals surface area contributed by atoms with Crippen LogP contribution in [0.1, 0.15) is 19.4 Å². The maximum Gasteiger partial charge on any atom is 0.191 e. The number of nitrogens with zero attached hydrogens (tertiary/aromatic N) is 4. The molecule has 124 valence electrons. The van der Waals surface area contributed by atoms with Crippen LogP contribution in [0.3, 0.4) is 0 Å². The lowest BCUT2D eigenvalue weighted by Gasteiger charge is -2.12. The van der Waals surface area contributed by atoms with Crippen molar-refractivity contribution in [3.05, 3.63) is 60.2 Å². The first-order chi connectivity index (χ1) is 11.6. The first-order valence-corrected chi connectivity index (χ1v) is 8.83. The second-order valence-corrected chi connectivity index (χ2v) is 6.91. The number of rotatable bonds is 6. The van der Waals surface area contributed by atoms with Crippen LogP contribution in [0.2, 0.25) is 0 Å². The van der Waals surface area contributed by atoms with Crippen molar-refractivity contribution >= 4 is 11.8 Å². The fourth-order valence-corrected chi connectivity index (χ4v) is 3.31. The minimum atomic E-state index is -0.214. The Labute approximate surface area is 145 Å². The van der Waals surface area contributed by atoms with E-state index in [-0.39, 0.29) is 5.82 Å². The van der Waals surface area contributed by atoms with Gasteiger partial charge in [0.25, 0.3) is 0 Å². The standard InChI is InChI=1S/C18H19FN4S/c1-13(2)11-23-17(15-6-8-20-9-7-15)21-22-18(23)24-12-14-4-3-5-16(19)10-14/h3-10,13H,11-12H2,1-2H3. The van der Waals surface area contributed by atoms with Crippen LogP contribution in [0.25, 0.3) is 11.4 Å². The highest BCUT2D eigenvalue weighted by atomic mass is 32.2. The molecule has 3 aromatic rings. The highest BCUT2D eigenvalue weighted by molar-refractivity contribution is 7.98. The number of hydrogen-bond acceptors (Lipinski definition) is 4. The highest BCUT2D eigenvalue weighted by Gasteiger charge is 2.15. The lowest BCUT2D eigenvalue weighted by atomic mass is 10.2. The number of pyridine rings is 1. The summed E-state index contributed by atoms with van der Waals surface area (Å²) in [4.78, 5) is 4.05. The van der Waals surface area contributed by atoms with Crippen molar-refractivity contribution in [3.8, 4) is 11.4 Å². The summed E-state index contributed by atoms with van der Waals surface area (Å²) in [6, 6.07) is 10.5. The Morgan fingerprint density at radius 2 is 1.92 bits per heavy atom. The summed E-state index contributed by atoms with van der Waals surface area (Å²) in [6.45, 7) is 5.16. The van der Waals surface area contributed by atoms with E-state index in [4.69, 9.17) is 0 Å². The van der Waals surface area contributed by atoms with E-state index in [0.29, 0.717) is 11.7 Å². The molecule has 0 aliphatic heterocycles. The molecule has 0 fully saturated rings. The third-order valence-electron chi connectivity index (χ3n) is 3.46. The van der Waals surface area contributed by atoms with Gasteiger partial charge in [0.1, 0.15) is 5.82 Å². The number of benzene rings is 1. The normalized spacial score (nSPS) is 11.2. The van der Waals surface area contributed by atoms with Gasteiger partial charge < -0.3 is 4.57 Å². The van der Waals surface area contributed by atoms with Gasteiger partial charge in [-0.1, -0.05) is 37.7 Å². The molecule has 0 amide bonds. The van der Waals surface area contributed by atoms with Gasteiger partial charge in [-0.05, 0) is 35.7 Å². The molecule has 1 aromatic carbocycles. The third-order valence-corrected chi connectivity index (χ3v) is 4.50. The summed E-state index contributed by atoms with van der Waals surface area (Å²) in [7, 11) is 0. The van der Waals surface area contributed by atoms with Crippen molar-refractivity contribution in [1.82, 2.24) is 19.7 Å². The lowest BCUT2D eigenvalue weighted by Crippen LogP contribution is -2.08. The summed E-state index contributed by atoms with van der Waals surface area (Å²) < 4.78 is 15.5. The molecule has 0 unspecified atom stereocenters. The van der Waals surface area contributed by atoms with E-state index in [1.54, 1.807) is 36.3 Å². The topological polar surface area (TPSA) is 43.6 Å². The lowest BCUT2D eigenvalue weighted by molar-refractivity contribution is 0.498. The summed E-state index contributed by atoms with van der Waals surface area (Å²) >= 11 is 1.57. The second kappa shape index (κ2) is 7.57. The van der Waals surface area contributed by atoms with Crippen LogP contribution in [-0.4, -0.2) is 19.7 Å². The summed E-state index contributed by atoms with van der Waals surface area (Å²) in [5.41, 5.74) is 1.93. The number of halogens is 1. The second-order valence-electron chi connectivity index (χ2n) is 5.97. The summed E-state index contributed by atoms with van der Waals surface area (Å²) in [5.74, 6) is 1.75. The molecule has 0 saturated heterocycles. The summed E-state index contributed by atoms with van der Waals surface area (Å²) in [6.07, 6.45) is 3.51. The maximum absolute atomic E-state index is 13.3. The molecule has 0 radical (unpaired) electrons. The highest BCUT2D eigenvalue weighted by Crippen LogP contribution is 2.27. The van der Waals surface area contributed by atoms with Gasteiger partial charge >= 0.3 is 0 Å². The van der Waals surface area contributed by atoms with Crippen LogP contribution < -0.4 is 0 Å². The molecule has 0 saturated carbocycles. The van der Waals surface area contributed by atoms with E-state index < -0.39 is 0 Å². The largest absolute Gasteiger partial charge is 0.302 e. The fraction of sp³-hybridized carbons (Fsp3) is 0.278. The Balaban J connectivity index is 1.86. The maximum atomic E-state index is 13.3. The van der Waals surface area contributed by atoms with Gasteiger partial charge in [-0.2, -0.15) is 0 Å². The van der Waals surface area contributed by atoms with Gasteiger partial charge in [-0.15, -0.1) is 10.2 Å². The van der Waals surface area contributed by atoms with Crippen molar-refractivity contribution in [2.24, 2.45) is 5.92 Å². The molecule has 0 spiro atoms. The molecule has 0 N–H and O–H groups in total. The molecule has 0 bridgehead atoms. The van der Waals surface area contributed by atoms with E-state index in [1.165, 1.54) is 6.07 Å². The van der Waals surface area contributed by atoms with Gasteiger partial charge in [-0.25, -0.2) is 4.39 Å². The predicted octanol–water partition coefficient (Wildman–Crippen LogP) is 4.43. The predicted molar refractivity (Wildman–Crippen MR) is 94.1 cm³/mol. The van der Waals surface area contributed by atoms with Crippen LogP contribution in [0, 0.1) is 11.7 Å². The van der Waals surface area contributed by atoms with Crippen molar-refractivity contribution in [2.45, 2.75) is 31.3 Å². The molecule has 2 aromatic heterocycles. The minimum absolute atomic E-state index is 0.214. The van der Waals surface area contributed by atoms with Crippen molar-refractivity contribution in [3.63, 3.8) is 0 Å². The fourth-order valence-electron chi connectivity index (χ4n) is 2.41. The van der Waals surface area contributed by atoms with E-state index >= 15 is 0 Å². The minimum Gasteiger partial charge on any atom is -0.302 e. The Morgan fingerprint density at radius 3 is 2.62 bits per heavy atom. The van der Waals surface area contributed by atoms with Crippen molar-refractivity contribution in [2.75, 3.05) is 0 Å². The number of hydrogen-bond donors (Lipinski definition) is 0. The molecule has 4 nitrogen and oxygen atoms in total. The van der Waals surface area contributed by atoms with E-state index in [1.807, 2.05) is 18.2 Å². The van der Waals surface area contributed by atoms with Gasteiger partial charge in [0.15, 0.2) is 11.0 Å². The van der Waals surface area contributed by atoms with Gasteiger partial charge in [0.05, 0.1) is 0 Å². The molecular formula is C18H19FN4S. The molecule has 0 aliphatic carbocycles. The number of thioether (sulfide) groups is 1. The van der Waals surface area contributed by atoms with Gasteiger partial charge in [0.2, 0.25) is 0 Å². The van der Waals surface area contributed by atoms with Crippen molar-refractivity contribution in [1.29, 1.82) is 0 Å². The van der Waals surface area contributed by atoms with Gasteiger partial charge in [0, 0.05) is 30.3 Å². The molecular weight excluding hydrogens is 323 g/mol. The Hall–Kier alpha value is -2.21. The average Bonchev–Trinajstić information content (AvgIpc) is 2.96. The average molecular weight is 342 g/mol. The molecule has 6 heteroatoms. The monoisotopic (exact) mass is 342 g/mol. The van der Waals surface area contributed by atoms with Crippen molar-refractivity contribution < 1.29 is 4.39 Å². The molecule has 0 atom stereocenters. The van der Waals surface area contributed by atoms with Crippen LogP contribution in [0.15, 0.2) is 53.9 Å². The van der Waals surface area contributed by atoms with E-state index in [0.717, 1.165) is 28.7 Å². The quantitative estimate of drug-likeness (QED) is 0.622. The zero-order chi connectivity index (χ0) is 16.9. The first-order valence-electron chi connectivity index (χ1n) is 7.84. The summed E-state index contributed by atoms with van der Waals surface area (Å²) in [5, 5.41) is 9.55. The number of aromatic nitrogens is 4. The zero-order valence-corrected chi connectivity index (χ0v) is 14.5. The third kappa shape index (κ3) is 4.00. The van der Waals surface area contributed by atoms with Crippen LogP contribution in [-0.2, 0) is 12.3 Å². The Kier molecular flexibility index (Phi) is 5.25. The molecule has 2 heterocycles. The Morgan fingerprint density at radius 1 is 1.12 bits per heavy atom. The van der Waals surface area contributed by atoms with Crippen LogP contribution >= 0.6 is 11.8 Å². The van der Waals surface area contributed by atoms with Crippen LogP contribution in [0.5, 0.6) is 0 Å². The molecule has 0 aliphatic rings. The van der Waals surface area contributed by atoms with Gasteiger partial charge in [-0.3, -0.25) is 4.98 Å². The zero-order valence-electron chi connectivity index (χ0n) is 13.7. The Bertz CT molecular complexity index is 802.